The molecule has 84 valence electrons. The van der Waals surface area contributed by atoms with Crippen molar-refractivity contribution in [3.8, 4) is 0 Å². The van der Waals surface area contributed by atoms with Crippen molar-refractivity contribution in [2.45, 2.75) is 45.3 Å². The van der Waals surface area contributed by atoms with E-state index in [1.807, 2.05) is 6.92 Å². The molecule has 0 aromatic heterocycles. The van der Waals surface area contributed by atoms with E-state index in [9.17, 15) is 5.11 Å². The number of unbranched alkanes of at least 4 members (excludes halogenated alkanes) is 1. The van der Waals surface area contributed by atoms with E-state index in [0.29, 0.717) is 12.6 Å². The second-order valence-electron chi connectivity index (χ2n) is 4.80. The van der Waals surface area contributed by atoms with Crippen LogP contribution in [0.25, 0.3) is 0 Å². The van der Waals surface area contributed by atoms with Gasteiger partial charge < -0.3 is 10.4 Å². The fourth-order valence-electron chi connectivity index (χ4n) is 1.99. The first-order valence-corrected chi connectivity index (χ1v) is 5.72. The Morgan fingerprint density at radius 1 is 1.57 bits per heavy atom. The van der Waals surface area contributed by atoms with Crippen molar-refractivity contribution in [1.82, 2.24) is 10.2 Å². The van der Waals surface area contributed by atoms with Crippen LogP contribution >= 0.6 is 0 Å². The Balaban J connectivity index is 2.50. The zero-order valence-corrected chi connectivity index (χ0v) is 9.71. The summed E-state index contributed by atoms with van der Waals surface area (Å²) in [6, 6.07) is 0.538. The zero-order valence-electron chi connectivity index (χ0n) is 9.71. The summed E-state index contributed by atoms with van der Waals surface area (Å²) in [5.41, 5.74) is -0.571. The zero-order chi connectivity index (χ0) is 10.6. The van der Waals surface area contributed by atoms with Crippen molar-refractivity contribution >= 4 is 0 Å². The Bertz CT molecular complexity index is 171. The van der Waals surface area contributed by atoms with Gasteiger partial charge in [-0.1, -0.05) is 13.3 Å². The van der Waals surface area contributed by atoms with Gasteiger partial charge in [0.2, 0.25) is 0 Å². The highest BCUT2D eigenvalue weighted by Crippen LogP contribution is 2.13. The molecule has 1 fully saturated rings. The monoisotopic (exact) mass is 200 g/mol. The quantitative estimate of drug-likeness (QED) is 0.708. The third-order valence-electron chi connectivity index (χ3n) is 2.91. The molecule has 2 unspecified atom stereocenters. The van der Waals surface area contributed by atoms with E-state index >= 15 is 0 Å². The molecule has 0 spiro atoms. The standard InChI is InChI=1S/C11H24N2O/c1-4-5-6-13-9-11(3,14)8-12-7-10(13)2/h10,12,14H,4-9H2,1-3H3. The lowest BCUT2D eigenvalue weighted by Crippen LogP contribution is -2.45. The second kappa shape index (κ2) is 5.10. The normalized spacial score (nSPS) is 35.6. The van der Waals surface area contributed by atoms with E-state index in [2.05, 4.69) is 24.1 Å². The first-order chi connectivity index (χ1) is 6.55. The molecule has 14 heavy (non-hydrogen) atoms. The van der Waals surface area contributed by atoms with E-state index in [4.69, 9.17) is 0 Å². The van der Waals surface area contributed by atoms with Crippen molar-refractivity contribution in [2.24, 2.45) is 0 Å². The average molecular weight is 200 g/mol. The van der Waals surface area contributed by atoms with Gasteiger partial charge in [0.1, 0.15) is 0 Å². The molecular weight excluding hydrogens is 176 g/mol. The van der Waals surface area contributed by atoms with Crippen LogP contribution in [0.1, 0.15) is 33.6 Å². The summed E-state index contributed by atoms with van der Waals surface area (Å²) >= 11 is 0. The van der Waals surface area contributed by atoms with Gasteiger partial charge in [-0.15, -0.1) is 0 Å². The van der Waals surface area contributed by atoms with Gasteiger partial charge in [-0.05, 0) is 26.8 Å². The smallest absolute Gasteiger partial charge is 0.0869 e. The number of hydrogen-bond donors (Lipinski definition) is 2. The van der Waals surface area contributed by atoms with Crippen molar-refractivity contribution in [2.75, 3.05) is 26.2 Å². The SMILES string of the molecule is CCCCN1CC(C)(O)CNCC1C. The Labute approximate surface area is 87.5 Å². The predicted octanol–water partition coefficient (Wildman–Crippen LogP) is 0.831. The lowest BCUT2D eigenvalue weighted by Gasteiger charge is -2.31. The molecule has 2 atom stereocenters. The van der Waals surface area contributed by atoms with Gasteiger partial charge >= 0.3 is 0 Å². The number of aliphatic hydroxyl groups is 1. The lowest BCUT2D eigenvalue weighted by molar-refractivity contribution is 0.0261. The van der Waals surface area contributed by atoms with Crippen LogP contribution in [0.3, 0.4) is 0 Å². The molecular formula is C11H24N2O. The minimum absolute atomic E-state index is 0.538. The van der Waals surface area contributed by atoms with Crippen LogP contribution in [0.15, 0.2) is 0 Å². The average Bonchev–Trinajstić information content (AvgIpc) is 2.22. The highest BCUT2D eigenvalue weighted by atomic mass is 16.3. The summed E-state index contributed by atoms with van der Waals surface area (Å²) in [6.07, 6.45) is 2.44. The van der Waals surface area contributed by atoms with Crippen LogP contribution < -0.4 is 5.32 Å². The molecule has 1 aliphatic rings. The largest absolute Gasteiger partial charge is 0.388 e. The number of rotatable bonds is 3. The lowest BCUT2D eigenvalue weighted by atomic mass is 10.1. The third kappa shape index (κ3) is 3.56. The maximum absolute atomic E-state index is 10.0. The first-order valence-electron chi connectivity index (χ1n) is 5.72. The first kappa shape index (κ1) is 12.0. The fraction of sp³-hybridized carbons (Fsp3) is 1.00. The topological polar surface area (TPSA) is 35.5 Å². The maximum Gasteiger partial charge on any atom is 0.0869 e. The fourth-order valence-corrected chi connectivity index (χ4v) is 1.99. The van der Waals surface area contributed by atoms with Gasteiger partial charge in [0.05, 0.1) is 5.60 Å². The van der Waals surface area contributed by atoms with Gasteiger partial charge in [-0.2, -0.15) is 0 Å². The predicted molar refractivity (Wildman–Crippen MR) is 59.4 cm³/mol. The van der Waals surface area contributed by atoms with E-state index < -0.39 is 5.60 Å². The summed E-state index contributed by atoms with van der Waals surface area (Å²) in [7, 11) is 0. The molecule has 0 amide bonds. The van der Waals surface area contributed by atoms with Gasteiger partial charge in [0.25, 0.3) is 0 Å². The molecule has 0 radical (unpaired) electrons. The van der Waals surface area contributed by atoms with Gasteiger partial charge in [-0.3, -0.25) is 4.90 Å². The molecule has 0 saturated carbocycles. The Morgan fingerprint density at radius 2 is 2.29 bits per heavy atom. The summed E-state index contributed by atoms with van der Waals surface area (Å²) in [4.78, 5) is 2.39. The highest BCUT2D eigenvalue weighted by Gasteiger charge is 2.29. The summed E-state index contributed by atoms with van der Waals surface area (Å²) in [6.45, 7) is 9.94. The molecule has 0 bridgehead atoms. The van der Waals surface area contributed by atoms with E-state index in [-0.39, 0.29) is 0 Å². The van der Waals surface area contributed by atoms with E-state index in [0.717, 1.165) is 19.6 Å². The molecule has 1 aliphatic heterocycles. The molecule has 0 aromatic rings. The molecule has 0 aromatic carbocycles. The van der Waals surface area contributed by atoms with E-state index in [1.165, 1.54) is 12.8 Å². The van der Waals surface area contributed by atoms with Crippen LogP contribution in [0.2, 0.25) is 0 Å². The Morgan fingerprint density at radius 3 is 2.93 bits per heavy atom. The molecule has 3 heteroatoms. The van der Waals surface area contributed by atoms with Gasteiger partial charge in [-0.25, -0.2) is 0 Å². The van der Waals surface area contributed by atoms with Gasteiger partial charge in [0, 0.05) is 25.7 Å². The summed E-state index contributed by atoms with van der Waals surface area (Å²) in [5, 5.41) is 13.3. The Hall–Kier alpha value is -0.120. The molecule has 1 rings (SSSR count). The van der Waals surface area contributed by atoms with Crippen molar-refractivity contribution < 1.29 is 5.11 Å². The Kier molecular flexibility index (Phi) is 4.35. The minimum Gasteiger partial charge on any atom is -0.388 e. The molecule has 2 N–H and O–H groups in total. The van der Waals surface area contributed by atoms with Crippen molar-refractivity contribution in [1.29, 1.82) is 0 Å². The minimum atomic E-state index is -0.571. The summed E-state index contributed by atoms with van der Waals surface area (Å²) in [5.74, 6) is 0. The van der Waals surface area contributed by atoms with Crippen LogP contribution in [-0.4, -0.2) is 47.8 Å². The van der Waals surface area contributed by atoms with Crippen LogP contribution in [0.4, 0.5) is 0 Å². The van der Waals surface area contributed by atoms with Crippen LogP contribution in [0, 0.1) is 0 Å². The molecule has 0 aliphatic carbocycles. The molecule has 1 heterocycles. The number of hydrogen-bond acceptors (Lipinski definition) is 3. The number of β-amino-alcohol motifs (C(OH)–C–C–N with tert-alkyl or cyclic N) is 1. The van der Waals surface area contributed by atoms with Crippen LogP contribution in [0.5, 0.6) is 0 Å². The van der Waals surface area contributed by atoms with Crippen molar-refractivity contribution in [3.05, 3.63) is 0 Å². The second-order valence-corrected chi connectivity index (χ2v) is 4.80. The highest BCUT2D eigenvalue weighted by molar-refractivity contribution is 4.86. The van der Waals surface area contributed by atoms with Crippen molar-refractivity contribution in [3.63, 3.8) is 0 Å². The number of nitrogens with zero attached hydrogens (tertiary/aromatic N) is 1. The molecule has 3 nitrogen and oxygen atoms in total. The van der Waals surface area contributed by atoms with E-state index in [1.54, 1.807) is 0 Å². The van der Waals surface area contributed by atoms with Crippen LogP contribution in [-0.2, 0) is 0 Å². The maximum atomic E-state index is 10.0. The molecule has 1 saturated heterocycles. The van der Waals surface area contributed by atoms with Gasteiger partial charge in [0.15, 0.2) is 0 Å². The number of nitrogens with one attached hydrogen (secondary N) is 1. The third-order valence-corrected chi connectivity index (χ3v) is 2.91. The summed E-state index contributed by atoms with van der Waals surface area (Å²) < 4.78 is 0.